The van der Waals surface area contributed by atoms with E-state index in [0.717, 1.165) is 12.5 Å². The second-order valence-corrected chi connectivity index (χ2v) is 9.62. The van der Waals surface area contributed by atoms with E-state index >= 15 is 0 Å². The average molecular weight is 537 g/mol. The van der Waals surface area contributed by atoms with E-state index in [1.165, 1.54) is 9.58 Å². The molecule has 1 aliphatic rings. The lowest BCUT2D eigenvalue weighted by Gasteiger charge is -2.28. The molecule has 4 aromatic rings. The molecule has 0 fully saturated rings. The molecule has 5 rings (SSSR count). The van der Waals surface area contributed by atoms with Gasteiger partial charge in [0.15, 0.2) is 5.69 Å². The SMILES string of the molecule is CCCOc1ccc(-c2cc(C(F)(F)F)nn2-c2ccc3c4c(cccc24)C(=O)N(CCN(C)C)C3=O)cc1. The predicted octanol–water partition coefficient (Wildman–Crippen LogP) is 5.66. The highest BCUT2D eigenvalue weighted by Gasteiger charge is 2.37. The van der Waals surface area contributed by atoms with Crippen LogP contribution in [-0.4, -0.2) is 65.2 Å². The highest BCUT2D eigenvalue weighted by atomic mass is 19.4. The predicted molar refractivity (Wildman–Crippen MR) is 141 cm³/mol. The molecule has 0 radical (unpaired) electrons. The van der Waals surface area contributed by atoms with E-state index in [4.69, 9.17) is 4.74 Å². The van der Waals surface area contributed by atoms with E-state index in [-0.39, 0.29) is 12.2 Å². The van der Waals surface area contributed by atoms with Crippen molar-refractivity contribution in [3.63, 3.8) is 0 Å². The highest BCUT2D eigenvalue weighted by Crippen LogP contribution is 2.38. The van der Waals surface area contributed by atoms with Gasteiger partial charge in [-0.05, 0) is 69.0 Å². The van der Waals surface area contributed by atoms with Crippen molar-refractivity contribution >= 4 is 22.6 Å². The molecule has 2 heterocycles. The Bertz CT molecular complexity index is 1540. The summed E-state index contributed by atoms with van der Waals surface area (Å²) >= 11 is 0. The highest BCUT2D eigenvalue weighted by molar-refractivity contribution is 6.26. The van der Waals surface area contributed by atoms with Crippen LogP contribution in [0.5, 0.6) is 5.75 Å². The van der Waals surface area contributed by atoms with Crippen molar-refractivity contribution in [2.75, 3.05) is 33.8 Å². The normalized spacial score (nSPS) is 13.6. The molecule has 0 spiro atoms. The van der Waals surface area contributed by atoms with Gasteiger partial charge in [-0.2, -0.15) is 18.3 Å². The first kappa shape index (κ1) is 26.4. The van der Waals surface area contributed by atoms with Crippen LogP contribution in [0.1, 0.15) is 39.8 Å². The van der Waals surface area contributed by atoms with Crippen LogP contribution in [0.4, 0.5) is 13.2 Å². The molecule has 10 heteroatoms. The molecule has 0 aliphatic carbocycles. The van der Waals surface area contributed by atoms with Crippen LogP contribution >= 0.6 is 0 Å². The van der Waals surface area contributed by atoms with Crippen LogP contribution in [0.2, 0.25) is 0 Å². The molecule has 1 aliphatic heterocycles. The quantitative estimate of drug-likeness (QED) is 0.272. The number of nitrogens with zero attached hydrogens (tertiary/aromatic N) is 4. The molecule has 3 aromatic carbocycles. The fourth-order valence-electron chi connectivity index (χ4n) is 4.67. The molecule has 0 N–H and O–H groups in total. The number of likely N-dealkylation sites (N-methyl/N-ethyl adjacent to an activating group) is 1. The number of imide groups is 1. The van der Waals surface area contributed by atoms with Crippen molar-refractivity contribution in [3.8, 4) is 22.7 Å². The Morgan fingerprint density at radius 3 is 2.28 bits per heavy atom. The van der Waals surface area contributed by atoms with Crippen LogP contribution in [0.25, 0.3) is 27.7 Å². The number of amides is 2. The number of carbonyl (C=O) groups is 2. The molecule has 0 bridgehead atoms. The van der Waals surface area contributed by atoms with E-state index in [2.05, 4.69) is 5.10 Å². The summed E-state index contributed by atoms with van der Waals surface area (Å²) in [4.78, 5) is 29.7. The van der Waals surface area contributed by atoms with E-state index in [0.29, 0.717) is 52.1 Å². The van der Waals surface area contributed by atoms with Crippen molar-refractivity contribution in [2.24, 2.45) is 0 Å². The molecule has 0 unspecified atom stereocenters. The lowest BCUT2D eigenvalue weighted by molar-refractivity contribution is -0.141. The fraction of sp³-hybridized carbons (Fsp3) is 0.276. The van der Waals surface area contributed by atoms with Gasteiger partial charge in [-0.25, -0.2) is 4.68 Å². The molecule has 0 atom stereocenters. The van der Waals surface area contributed by atoms with Crippen molar-refractivity contribution in [3.05, 3.63) is 77.5 Å². The maximum Gasteiger partial charge on any atom is 0.435 e. The molecule has 7 nitrogen and oxygen atoms in total. The van der Waals surface area contributed by atoms with Crippen LogP contribution in [0.3, 0.4) is 0 Å². The van der Waals surface area contributed by atoms with Gasteiger partial charge in [-0.3, -0.25) is 14.5 Å². The number of rotatable bonds is 8. The van der Waals surface area contributed by atoms with Gasteiger partial charge in [0, 0.05) is 40.6 Å². The summed E-state index contributed by atoms with van der Waals surface area (Å²) < 4.78 is 48.2. The van der Waals surface area contributed by atoms with Crippen LogP contribution in [0, 0.1) is 0 Å². The summed E-state index contributed by atoms with van der Waals surface area (Å²) in [7, 11) is 3.70. The van der Waals surface area contributed by atoms with E-state index in [9.17, 15) is 22.8 Å². The first-order valence-electron chi connectivity index (χ1n) is 12.6. The number of aromatic nitrogens is 2. The Labute approximate surface area is 223 Å². The standard InChI is InChI=1S/C29H27F3N4O3/c1-4-16-39-19-10-8-18(9-11-19)24-17-25(29(30,31)32)33-36(24)23-13-12-22-26-20(23)6-5-7-21(26)27(37)35(28(22)38)15-14-34(2)3/h5-13,17H,4,14-16H2,1-3H3. The zero-order valence-corrected chi connectivity index (χ0v) is 21.7. The molecule has 202 valence electrons. The molecular formula is C29H27F3N4O3. The van der Waals surface area contributed by atoms with E-state index in [1.807, 2.05) is 25.9 Å². The molecular weight excluding hydrogens is 509 g/mol. The van der Waals surface area contributed by atoms with Gasteiger partial charge in [0.2, 0.25) is 0 Å². The smallest absolute Gasteiger partial charge is 0.435 e. The number of benzene rings is 3. The molecule has 2 amide bonds. The third-order valence-corrected chi connectivity index (χ3v) is 6.59. The van der Waals surface area contributed by atoms with Gasteiger partial charge in [0.05, 0.1) is 18.0 Å². The van der Waals surface area contributed by atoms with Crippen LogP contribution < -0.4 is 4.74 Å². The Morgan fingerprint density at radius 1 is 0.949 bits per heavy atom. The van der Waals surface area contributed by atoms with Gasteiger partial charge in [-0.15, -0.1) is 0 Å². The lowest BCUT2D eigenvalue weighted by Crippen LogP contribution is -2.43. The van der Waals surface area contributed by atoms with Gasteiger partial charge < -0.3 is 9.64 Å². The third-order valence-electron chi connectivity index (χ3n) is 6.59. The summed E-state index contributed by atoms with van der Waals surface area (Å²) in [5.41, 5.74) is 0.645. The van der Waals surface area contributed by atoms with Crippen molar-refractivity contribution in [1.82, 2.24) is 19.6 Å². The van der Waals surface area contributed by atoms with Gasteiger partial charge in [0.1, 0.15) is 5.75 Å². The topological polar surface area (TPSA) is 67.7 Å². The molecule has 1 aromatic heterocycles. The van der Waals surface area contributed by atoms with E-state index in [1.54, 1.807) is 54.6 Å². The molecule has 0 saturated carbocycles. The second kappa shape index (κ2) is 10.2. The zero-order chi connectivity index (χ0) is 27.9. The lowest BCUT2D eigenvalue weighted by atomic mass is 9.93. The van der Waals surface area contributed by atoms with Crippen molar-refractivity contribution in [2.45, 2.75) is 19.5 Å². The maximum atomic E-state index is 13.8. The van der Waals surface area contributed by atoms with Crippen molar-refractivity contribution < 1.29 is 27.5 Å². The number of hydrogen-bond donors (Lipinski definition) is 0. The molecule has 39 heavy (non-hydrogen) atoms. The average Bonchev–Trinajstić information content (AvgIpc) is 3.36. The monoisotopic (exact) mass is 536 g/mol. The Kier molecular flexibility index (Phi) is 6.90. The van der Waals surface area contributed by atoms with Gasteiger partial charge >= 0.3 is 6.18 Å². The Morgan fingerprint density at radius 2 is 1.64 bits per heavy atom. The maximum absolute atomic E-state index is 13.8. The van der Waals surface area contributed by atoms with Gasteiger partial charge in [0.25, 0.3) is 11.8 Å². The van der Waals surface area contributed by atoms with Crippen molar-refractivity contribution in [1.29, 1.82) is 0 Å². The number of hydrogen-bond acceptors (Lipinski definition) is 5. The van der Waals surface area contributed by atoms with Crippen LogP contribution in [-0.2, 0) is 6.18 Å². The Hall–Kier alpha value is -4.18. The summed E-state index contributed by atoms with van der Waals surface area (Å²) in [6.07, 6.45) is -3.84. The largest absolute Gasteiger partial charge is 0.494 e. The Balaban J connectivity index is 1.66. The summed E-state index contributed by atoms with van der Waals surface area (Å²) in [5, 5.41) is 4.80. The summed E-state index contributed by atoms with van der Waals surface area (Å²) in [6.45, 7) is 3.23. The number of ether oxygens (including phenoxy) is 1. The zero-order valence-electron chi connectivity index (χ0n) is 21.7. The summed E-state index contributed by atoms with van der Waals surface area (Å²) in [6, 6.07) is 15.9. The minimum atomic E-state index is -4.67. The number of carbonyl (C=O) groups excluding carboxylic acids is 2. The number of alkyl halides is 3. The summed E-state index contributed by atoms with van der Waals surface area (Å²) in [5.74, 6) is -0.256. The minimum Gasteiger partial charge on any atom is -0.494 e. The number of halogens is 3. The van der Waals surface area contributed by atoms with Crippen LogP contribution in [0.15, 0.2) is 60.7 Å². The fourth-order valence-corrected chi connectivity index (χ4v) is 4.67. The van der Waals surface area contributed by atoms with E-state index < -0.39 is 23.7 Å². The minimum absolute atomic E-state index is 0.214. The van der Waals surface area contributed by atoms with Gasteiger partial charge in [-0.1, -0.05) is 19.1 Å². The molecule has 0 saturated heterocycles. The second-order valence-electron chi connectivity index (χ2n) is 9.62. The first-order chi connectivity index (χ1) is 18.6. The third kappa shape index (κ3) is 4.87. The first-order valence-corrected chi connectivity index (χ1v) is 12.6.